The summed E-state index contributed by atoms with van der Waals surface area (Å²) in [6.45, 7) is 4.85. The maximum atomic E-state index is 12.5. The first-order valence-corrected chi connectivity index (χ1v) is 10.8. The van der Waals surface area contributed by atoms with Crippen LogP contribution in [0.5, 0.6) is 0 Å². The van der Waals surface area contributed by atoms with Crippen molar-refractivity contribution in [3.8, 4) is 0 Å². The quantitative estimate of drug-likeness (QED) is 0.456. The van der Waals surface area contributed by atoms with Gasteiger partial charge in [-0.1, -0.05) is 26.2 Å². The molecule has 166 valence electrons. The van der Waals surface area contributed by atoms with E-state index >= 15 is 0 Å². The normalized spacial score (nSPS) is 18.1. The molecule has 31 heavy (non-hydrogen) atoms. The maximum absolute atomic E-state index is 12.5. The van der Waals surface area contributed by atoms with E-state index in [0.717, 1.165) is 36.9 Å². The zero-order valence-corrected chi connectivity index (χ0v) is 18.0. The minimum Gasteiger partial charge on any atom is -0.344 e. The summed E-state index contributed by atoms with van der Waals surface area (Å²) in [4.78, 5) is 54.6. The summed E-state index contributed by atoms with van der Waals surface area (Å²) in [6.07, 6.45) is 4.86. The van der Waals surface area contributed by atoms with Crippen molar-refractivity contribution in [2.45, 2.75) is 65.0 Å². The van der Waals surface area contributed by atoms with Crippen LogP contribution in [0.2, 0.25) is 0 Å². The molecule has 1 unspecified atom stereocenters. The van der Waals surface area contributed by atoms with E-state index in [4.69, 9.17) is 0 Å². The third kappa shape index (κ3) is 5.68. The summed E-state index contributed by atoms with van der Waals surface area (Å²) in [5, 5.41) is 7.41. The zero-order chi connectivity index (χ0) is 22.4. The molecule has 0 aliphatic carbocycles. The monoisotopic (exact) mass is 427 g/mol. The third-order valence-electron chi connectivity index (χ3n) is 5.51. The van der Waals surface area contributed by atoms with Gasteiger partial charge in [-0.25, -0.2) is 9.79 Å². The summed E-state index contributed by atoms with van der Waals surface area (Å²) in [5.74, 6) is -0.413. The number of fused-ring (bicyclic) bond motifs is 1. The van der Waals surface area contributed by atoms with Crippen LogP contribution in [0, 0.1) is 0 Å². The number of piperidine rings is 1. The van der Waals surface area contributed by atoms with Crippen molar-refractivity contribution in [2.75, 3.05) is 6.54 Å². The lowest BCUT2D eigenvalue weighted by molar-refractivity contribution is -0.136. The molecule has 9 nitrogen and oxygen atoms in total. The number of aliphatic imine (C=N–C) groups is 1. The van der Waals surface area contributed by atoms with Crippen molar-refractivity contribution in [2.24, 2.45) is 4.99 Å². The van der Waals surface area contributed by atoms with E-state index in [-0.39, 0.29) is 18.2 Å². The lowest BCUT2D eigenvalue weighted by Crippen LogP contribution is -2.54. The topological polar surface area (TPSA) is 120 Å². The molecule has 1 aromatic carbocycles. The molecule has 3 rings (SSSR count). The number of imide groups is 2. The van der Waals surface area contributed by atoms with E-state index in [2.05, 4.69) is 27.9 Å². The van der Waals surface area contributed by atoms with Crippen LogP contribution in [0.3, 0.4) is 0 Å². The average Bonchev–Trinajstić information content (AvgIpc) is 2.73. The molecule has 0 radical (unpaired) electrons. The Morgan fingerprint density at radius 3 is 2.77 bits per heavy atom. The number of rotatable bonds is 7. The lowest BCUT2D eigenvalue weighted by Gasteiger charge is -2.36. The lowest BCUT2D eigenvalue weighted by atomic mass is 10.0. The molecule has 9 heteroatoms. The first-order chi connectivity index (χ1) is 14.9. The SMILES string of the molecule is CCCCCCNC(=O)NC(=O)c1ccc2c(c1)CN(C1CCC(=O)NC1=O)C(C)=N2. The van der Waals surface area contributed by atoms with E-state index in [1.807, 2.05) is 11.8 Å². The molecule has 0 saturated carbocycles. The highest BCUT2D eigenvalue weighted by Gasteiger charge is 2.34. The minimum absolute atomic E-state index is 0.268. The summed E-state index contributed by atoms with van der Waals surface area (Å²) < 4.78 is 0. The summed E-state index contributed by atoms with van der Waals surface area (Å²) in [6, 6.07) is 4.05. The fourth-order valence-electron chi connectivity index (χ4n) is 3.79. The fourth-order valence-corrected chi connectivity index (χ4v) is 3.79. The van der Waals surface area contributed by atoms with E-state index in [1.54, 1.807) is 18.2 Å². The van der Waals surface area contributed by atoms with Gasteiger partial charge < -0.3 is 10.2 Å². The molecule has 0 bridgehead atoms. The predicted molar refractivity (Wildman–Crippen MR) is 116 cm³/mol. The van der Waals surface area contributed by atoms with E-state index in [0.29, 0.717) is 30.9 Å². The Morgan fingerprint density at radius 2 is 2.03 bits per heavy atom. The number of unbranched alkanes of at least 4 members (excludes halogenated alkanes) is 3. The van der Waals surface area contributed by atoms with Gasteiger partial charge >= 0.3 is 6.03 Å². The van der Waals surface area contributed by atoms with Gasteiger partial charge in [0.05, 0.1) is 5.69 Å². The number of nitrogens with zero attached hydrogens (tertiary/aromatic N) is 2. The fraction of sp³-hybridized carbons (Fsp3) is 0.500. The molecular weight excluding hydrogens is 398 g/mol. The van der Waals surface area contributed by atoms with Gasteiger partial charge in [0.2, 0.25) is 11.8 Å². The molecule has 5 amide bonds. The molecule has 1 fully saturated rings. The smallest absolute Gasteiger partial charge is 0.321 e. The van der Waals surface area contributed by atoms with Crippen LogP contribution >= 0.6 is 0 Å². The first-order valence-electron chi connectivity index (χ1n) is 10.8. The Labute approximate surface area is 181 Å². The highest BCUT2D eigenvalue weighted by molar-refractivity contribution is 6.05. The van der Waals surface area contributed by atoms with Crippen molar-refractivity contribution in [1.82, 2.24) is 20.9 Å². The van der Waals surface area contributed by atoms with Crippen molar-refractivity contribution in [1.29, 1.82) is 0 Å². The van der Waals surface area contributed by atoms with Crippen molar-refractivity contribution in [3.63, 3.8) is 0 Å². The zero-order valence-electron chi connectivity index (χ0n) is 18.0. The van der Waals surface area contributed by atoms with Gasteiger partial charge in [-0.2, -0.15) is 0 Å². The second-order valence-electron chi connectivity index (χ2n) is 7.87. The van der Waals surface area contributed by atoms with Crippen LogP contribution in [-0.4, -0.2) is 47.1 Å². The van der Waals surface area contributed by atoms with E-state index in [9.17, 15) is 19.2 Å². The number of carbonyl (C=O) groups is 4. The van der Waals surface area contributed by atoms with E-state index < -0.39 is 18.0 Å². The first kappa shape index (κ1) is 22.5. The van der Waals surface area contributed by atoms with Gasteiger partial charge in [-0.3, -0.25) is 25.0 Å². The Kier molecular flexibility index (Phi) is 7.38. The largest absolute Gasteiger partial charge is 0.344 e. The Bertz CT molecular complexity index is 911. The second kappa shape index (κ2) is 10.2. The highest BCUT2D eigenvalue weighted by atomic mass is 16.2. The minimum atomic E-state index is -0.516. The molecule has 1 aromatic rings. The van der Waals surface area contributed by atoms with Gasteiger partial charge in [0.25, 0.3) is 5.91 Å². The van der Waals surface area contributed by atoms with Gasteiger partial charge in [0.1, 0.15) is 11.9 Å². The molecule has 1 saturated heterocycles. The Balaban J connectivity index is 1.63. The summed E-state index contributed by atoms with van der Waals surface area (Å²) >= 11 is 0. The highest BCUT2D eigenvalue weighted by Crippen LogP contribution is 2.29. The Morgan fingerprint density at radius 1 is 1.23 bits per heavy atom. The molecule has 0 spiro atoms. The summed E-state index contributed by atoms with van der Waals surface area (Å²) in [5.41, 5.74) is 1.85. The standard InChI is InChI=1S/C22H29N5O4/c1-3-4-5-6-11-23-22(31)26-20(29)15-7-8-17-16(12-15)13-27(14(2)24-17)18-9-10-19(28)25-21(18)30/h7-8,12,18H,3-6,9-11,13H2,1-2H3,(H,25,28,30)(H2,23,26,29,31). The van der Waals surface area contributed by atoms with Gasteiger partial charge in [0.15, 0.2) is 0 Å². The summed E-state index contributed by atoms with van der Waals surface area (Å²) in [7, 11) is 0. The molecule has 0 aromatic heterocycles. The van der Waals surface area contributed by atoms with Crippen LogP contribution in [0.15, 0.2) is 23.2 Å². The number of hydrogen-bond donors (Lipinski definition) is 3. The third-order valence-corrected chi connectivity index (χ3v) is 5.51. The molecule has 2 heterocycles. The number of amidine groups is 1. The molecule has 1 atom stereocenters. The number of hydrogen-bond acceptors (Lipinski definition) is 6. The van der Waals surface area contributed by atoms with Crippen LogP contribution in [0.1, 0.15) is 68.3 Å². The number of carbonyl (C=O) groups excluding carboxylic acids is 4. The molecular formula is C22H29N5O4. The molecule has 3 N–H and O–H groups in total. The van der Waals surface area contributed by atoms with Gasteiger partial charge in [-0.05, 0) is 43.5 Å². The van der Waals surface area contributed by atoms with Crippen molar-refractivity contribution >= 4 is 35.3 Å². The molecule has 2 aliphatic heterocycles. The van der Waals surface area contributed by atoms with Crippen molar-refractivity contribution < 1.29 is 19.2 Å². The number of benzene rings is 1. The maximum Gasteiger partial charge on any atom is 0.321 e. The number of urea groups is 1. The predicted octanol–water partition coefficient (Wildman–Crippen LogP) is 2.38. The Hall–Kier alpha value is -3.23. The van der Waals surface area contributed by atoms with Crippen LogP contribution in [0.25, 0.3) is 0 Å². The van der Waals surface area contributed by atoms with Crippen LogP contribution in [0.4, 0.5) is 10.5 Å². The number of nitrogens with one attached hydrogen (secondary N) is 3. The number of amides is 5. The van der Waals surface area contributed by atoms with E-state index in [1.165, 1.54) is 0 Å². The van der Waals surface area contributed by atoms with Crippen LogP contribution < -0.4 is 16.0 Å². The van der Waals surface area contributed by atoms with Crippen LogP contribution in [-0.2, 0) is 16.1 Å². The van der Waals surface area contributed by atoms with Gasteiger partial charge in [-0.15, -0.1) is 0 Å². The average molecular weight is 428 g/mol. The molecule has 2 aliphatic rings. The van der Waals surface area contributed by atoms with Crippen molar-refractivity contribution in [3.05, 3.63) is 29.3 Å². The second-order valence-corrected chi connectivity index (χ2v) is 7.87. The van der Waals surface area contributed by atoms with Gasteiger partial charge in [0, 0.05) is 25.1 Å².